The molecule has 0 saturated heterocycles. The molecule has 2 atom stereocenters. The highest BCUT2D eigenvalue weighted by Crippen LogP contribution is 2.26. The van der Waals surface area contributed by atoms with E-state index in [-0.39, 0.29) is 17.3 Å². The van der Waals surface area contributed by atoms with Gasteiger partial charge in [-0.25, -0.2) is 0 Å². The molecule has 1 saturated carbocycles. The SMILES string of the molecule is CCC1CCCCC1NC(=O)CC(N)=S. The summed E-state index contributed by atoms with van der Waals surface area (Å²) in [7, 11) is 0. The number of thiocarbonyl (C=S) groups is 1. The molecule has 0 bridgehead atoms. The van der Waals surface area contributed by atoms with E-state index >= 15 is 0 Å². The molecule has 15 heavy (non-hydrogen) atoms. The standard InChI is InChI=1S/C11H20N2OS/c1-2-8-5-3-4-6-9(8)13-11(14)7-10(12)15/h8-9H,2-7H2,1H3,(H2,12,15)(H,13,14). The van der Waals surface area contributed by atoms with E-state index in [2.05, 4.69) is 12.2 Å². The van der Waals surface area contributed by atoms with Crippen molar-refractivity contribution in [3.05, 3.63) is 0 Å². The van der Waals surface area contributed by atoms with Crippen molar-refractivity contribution in [1.82, 2.24) is 5.32 Å². The van der Waals surface area contributed by atoms with E-state index in [1.165, 1.54) is 19.3 Å². The first kappa shape index (κ1) is 12.4. The lowest BCUT2D eigenvalue weighted by atomic mass is 9.83. The molecule has 1 rings (SSSR count). The van der Waals surface area contributed by atoms with Crippen LogP contribution in [0.2, 0.25) is 0 Å². The Balaban J connectivity index is 2.40. The average Bonchev–Trinajstić information content (AvgIpc) is 2.17. The average molecular weight is 228 g/mol. The maximum atomic E-state index is 11.5. The van der Waals surface area contributed by atoms with Crippen LogP contribution in [-0.2, 0) is 4.79 Å². The minimum Gasteiger partial charge on any atom is -0.393 e. The first-order valence-electron chi connectivity index (χ1n) is 5.71. The molecule has 0 radical (unpaired) electrons. The Labute approximate surface area is 96.8 Å². The van der Waals surface area contributed by atoms with Crippen LogP contribution in [0.1, 0.15) is 45.4 Å². The molecule has 4 heteroatoms. The zero-order valence-electron chi connectivity index (χ0n) is 9.29. The molecule has 1 aliphatic carbocycles. The van der Waals surface area contributed by atoms with E-state index < -0.39 is 0 Å². The highest BCUT2D eigenvalue weighted by molar-refractivity contribution is 7.80. The number of rotatable bonds is 4. The molecule has 3 N–H and O–H groups in total. The molecule has 0 aromatic carbocycles. The van der Waals surface area contributed by atoms with Gasteiger partial charge in [-0.15, -0.1) is 0 Å². The van der Waals surface area contributed by atoms with Crippen LogP contribution in [-0.4, -0.2) is 16.9 Å². The van der Waals surface area contributed by atoms with Crippen LogP contribution in [0.25, 0.3) is 0 Å². The first-order valence-corrected chi connectivity index (χ1v) is 6.12. The lowest BCUT2D eigenvalue weighted by Crippen LogP contribution is -2.42. The largest absolute Gasteiger partial charge is 0.393 e. The lowest BCUT2D eigenvalue weighted by molar-refractivity contribution is -0.121. The highest BCUT2D eigenvalue weighted by atomic mass is 32.1. The molecule has 2 unspecified atom stereocenters. The van der Waals surface area contributed by atoms with Crippen LogP contribution >= 0.6 is 12.2 Å². The second-order valence-corrected chi connectivity index (χ2v) is 4.79. The fourth-order valence-corrected chi connectivity index (χ4v) is 2.43. The number of hydrogen-bond acceptors (Lipinski definition) is 2. The molecule has 0 aromatic rings. The molecule has 0 heterocycles. The molecule has 3 nitrogen and oxygen atoms in total. The fraction of sp³-hybridized carbons (Fsp3) is 0.818. The quantitative estimate of drug-likeness (QED) is 0.721. The van der Waals surface area contributed by atoms with Crippen molar-refractivity contribution >= 4 is 23.1 Å². The Hall–Kier alpha value is -0.640. The number of amides is 1. The third-order valence-corrected chi connectivity index (χ3v) is 3.26. The van der Waals surface area contributed by atoms with E-state index in [1.807, 2.05) is 0 Å². The van der Waals surface area contributed by atoms with Crippen molar-refractivity contribution in [3.8, 4) is 0 Å². The van der Waals surface area contributed by atoms with Gasteiger partial charge in [0.25, 0.3) is 0 Å². The van der Waals surface area contributed by atoms with Crippen molar-refractivity contribution < 1.29 is 4.79 Å². The molecule has 1 aliphatic rings. The van der Waals surface area contributed by atoms with Crippen molar-refractivity contribution in [2.75, 3.05) is 0 Å². The topological polar surface area (TPSA) is 55.1 Å². The van der Waals surface area contributed by atoms with E-state index in [1.54, 1.807) is 0 Å². The molecule has 86 valence electrons. The van der Waals surface area contributed by atoms with Gasteiger partial charge in [-0.2, -0.15) is 0 Å². The number of carbonyl (C=O) groups is 1. The third-order valence-electron chi connectivity index (χ3n) is 3.11. The van der Waals surface area contributed by atoms with Crippen LogP contribution in [0.5, 0.6) is 0 Å². The fourth-order valence-electron chi connectivity index (χ4n) is 2.30. The Morgan fingerprint density at radius 1 is 1.47 bits per heavy atom. The Kier molecular flexibility index (Phi) is 5.02. The maximum Gasteiger partial charge on any atom is 0.227 e. The van der Waals surface area contributed by atoms with E-state index in [0.717, 1.165) is 12.8 Å². The number of carbonyl (C=O) groups excluding carboxylic acids is 1. The summed E-state index contributed by atoms with van der Waals surface area (Å²) in [5.41, 5.74) is 5.34. The summed E-state index contributed by atoms with van der Waals surface area (Å²) >= 11 is 4.71. The molecule has 1 fully saturated rings. The normalized spacial score (nSPS) is 25.9. The molecule has 1 amide bonds. The molecular formula is C11H20N2OS. The third kappa shape index (κ3) is 4.16. The van der Waals surface area contributed by atoms with E-state index in [9.17, 15) is 4.79 Å². The highest BCUT2D eigenvalue weighted by Gasteiger charge is 2.24. The van der Waals surface area contributed by atoms with Gasteiger partial charge in [0.2, 0.25) is 5.91 Å². The Bertz CT molecular complexity index is 243. The van der Waals surface area contributed by atoms with Gasteiger partial charge in [-0.1, -0.05) is 38.4 Å². The minimum absolute atomic E-state index is 0.0205. The minimum atomic E-state index is -0.0205. The van der Waals surface area contributed by atoms with Gasteiger partial charge in [0.05, 0.1) is 11.4 Å². The van der Waals surface area contributed by atoms with Gasteiger partial charge >= 0.3 is 0 Å². The first-order chi connectivity index (χ1) is 7.13. The van der Waals surface area contributed by atoms with Crippen molar-refractivity contribution in [2.45, 2.75) is 51.5 Å². The smallest absolute Gasteiger partial charge is 0.227 e. The zero-order valence-corrected chi connectivity index (χ0v) is 10.1. The van der Waals surface area contributed by atoms with Crippen LogP contribution in [0, 0.1) is 5.92 Å². The second-order valence-electron chi connectivity index (χ2n) is 4.27. The number of nitrogens with two attached hydrogens (primary N) is 1. The summed E-state index contributed by atoms with van der Waals surface area (Å²) in [6.07, 6.45) is 6.16. The van der Waals surface area contributed by atoms with Gasteiger partial charge in [-0.05, 0) is 18.8 Å². The predicted molar refractivity (Wildman–Crippen MR) is 65.6 cm³/mol. The van der Waals surface area contributed by atoms with Crippen molar-refractivity contribution in [1.29, 1.82) is 0 Å². The van der Waals surface area contributed by atoms with Gasteiger partial charge in [0, 0.05) is 6.04 Å². The van der Waals surface area contributed by atoms with E-state index in [0.29, 0.717) is 12.0 Å². The summed E-state index contributed by atoms with van der Waals surface area (Å²) in [6, 6.07) is 0.339. The predicted octanol–water partition coefficient (Wildman–Crippen LogP) is 1.75. The summed E-state index contributed by atoms with van der Waals surface area (Å²) in [5, 5.41) is 3.04. The molecule has 0 aromatic heterocycles. The molecular weight excluding hydrogens is 208 g/mol. The molecule has 0 aliphatic heterocycles. The lowest BCUT2D eigenvalue weighted by Gasteiger charge is -2.31. The number of hydrogen-bond donors (Lipinski definition) is 2. The maximum absolute atomic E-state index is 11.5. The summed E-state index contributed by atoms with van der Waals surface area (Å²) in [4.78, 5) is 11.8. The summed E-state index contributed by atoms with van der Waals surface area (Å²) < 4.78 is 0. The van der Waals surface area contributed by atoms with Crippen LogP contribution in [0.4, 0.5) is 0 Å². The van der Waals surface area contributed by atoms with Crippen LogP contribution in [0.15, 0.2) is 0 Å². The van der Waals surface area contributed by atoms with Gasteiger partial charge in [-0.3, -0.25) is 4.79 Å². The van der Waals surface area contributed by atoms with E-state index in [4.69, 9.17) is 18.0 Å². The summed E-state index contributed by atoms with van der Waals surface area (Å²) in [5.74, 6) is 0.613. The van der Waals surface area contributed by atoms with Gasteiger partial charge in [0.15, 0.2) is 0 Å². The van der Waals surface area contributed by atoms with Crippen LogP contribution in [0.3, 0.4) is 0 Å². The Morgan fingerprint density at radius 3 is 2.73 bits per heavy atom. The van der Waals surface area contributed by atoms with Crippen LogP contribution < -0.4 is 11.1 Å². The van der Waals surface area contributed by atoms with Gasteiger partial charge in [0.1, 0.15) is 0 Å². The van der Waals surface area contributed by atoms with Crippen molar-refractivity contribution in [3.63, 3.8) is 0 Å². The molecule has 0 spiro atoms. The van der Waals surface area contributed by atoms with Crippen molar-refractivity contribution in [2.24, 2.45) is 11.7 Å². The zero-order chi connectivity index (χ0) is 11.3. The number of nitrogens with one attached hydrogen (secondary N) is 1. The summed E-state index contributed by atoms with van der Waals surface area (Å²) in [6.45, 7) is 2.18. The second kappa shape index (κ2) is 6.05. The monoisotopic (exact) mass is 228 g/mol. The van der Waals surface area contributed by atoms with Gasteiger partial charge < -0.3 is 11.1 Å². The Morgan fingerprint density at radius 2 is 2.13 bits per heavy atom.